The normalized spacial score (nSPS) is 18.8. The molecule has 2 aromatic rings. The summed E-state index contributed by atoms with van der Waals surface area (Å²) < 4.78 is 38.0. The van der Waals surface area contributed by atoms with Crippen LogP contribution in [0.5, 0.6) is 0 Å². The Balaban J connectivity index is 1.94. The third-order valence-corrected chi connectivity index (χ3v) is 3.95. The molecule has 0 aliphatic carbocycles. The van der Waals surface area contributed by atoms with Crippen LogP contribution in [0.2, 0.25) is 0 Å². The highest BCUT2D eigenvalue weighted by atomic mass is 19.4. The smallest absolute Gasteiger partial charge is 0.361 e. The van der Waals surface area contributed by atoms with Crippen molar-refractivity contribution in [3.8, 4) is 0 Å². The van der Waals surface area contributed by atoms with E-state index in [0.717, 1.165) is 35.9 Å². The van der Waals surface area contributed by atoms with Crippen molar-refractivity contribution < 1.29 is 18.4 Å². The lowest BCUT2D eigenvalue weighted by Crippen LogP contribution is -2.29. The number of piperidine rings is 1. The Morgan fingerprint density at radius 1 is 1.20 bits per heavy atom. The van der Waals surface area contributed by atoms with Gasteiger partial charge >= 0.3 is 6.18 Å². The summed E-state index contributed by atoms with van der Waals surface area (Å²) in [6, 6.07) is 3.82. The van der Waals surface area contributed by atoms with Crippen molar-refractivity contribution in [2.24, 2.45) is 0 Å². The van der Waals surface area contributed by atoms with E-state index >= 15 is 0 Å². The van der Waals surface area contributed by atoms with E-state index in [1.54, 1.807) is 6.20 Å². The molecule has 1 aliphatic heterocycles. The summed E-state index contributed by atoms with van der Waals surface area (Å²) >= 11 is 0. The topological polar surface area (TPSA) is 39.3 Å². The number of hydroxylamine groups is 2. The average molecular weight is 284 g/mol. The highest BCUT2D eigenvalue weighted by molar-refractivity contribution is 5.84. The molecular formula is C14H15F3N2O. The van der Waals surface area contributed by atoms with Crippen LogP contribution < -0.4 is 0 Å². The molecule has 108 valence electrons. The van der Waals surface area contributed by atoms with Gasteiger partial charge in [-0.2, -0.15) is 18.2 Å². The molecule has 0 bridgehead atoms. The molecule has 2 heterocycles. The summed E-state index contributed by atoms with van der Waals surface area (Å²) in [7, 11) is 0. The highest BCUT2D eigenvalue weighted by Crippen LogP contribution is 2.36. The van der Waals surface area contributed by atoms with E-state index in [0.29, 0.717) is 18.6 Å². The molecule has 0 atom stereocenters. The molecule has 0 spiro atoms. The van der Waals surface area contributed by atoms with E-state index in [-0.39, 0.29) is 5.92 Å². The third kappa shape index (κ3) is 2.41. The molecule has 3 nitrogen and oxygen atoms in total. The van der Waals surface area contributed by atoms with Crippen molar-refractivity contribution in [1.82, 2.24) is 10.0 Å². The van der Waals surface area contributed by atoms with E-state index in [9.17, 15) is 18.4 Å². The van der Waals surface area contributed by atoms with Gasteiger partial charge in [-0.1, -0.05) is 6.07 Å². The van der Waals surface area contributed by atoms with E-state index in [1.807, 2.05) is 0 Å². The summed E-state index contributed by atoms with van der Waals surface area (Å²) in [5, 5.41) is 11.5. The molecule has 6 heteroatoms. The summed E-state index contributed by atoms with van der Waals surface area (Å²) in [4.78, 5) is 2.93. The second-order valence-corrected chi connectivity index (χ2v) is 5.23. The number of nitrogens with one attached hydrogen (secondary N) is 1. The molecule has 2 N–H and O–H groups in total. The standard InChI is InChI=1S/C14H15F3N2O/c15-14(16,17)10-1-2-11-12(8-18-13(11)7-10)9-3-5-19(20)6-4-9/h1-2,7-9,18,20H,3-6H2. The minimum absolute atomic E-state index is 0.281. The lowest BCUT2D eigenvalue weighted by molar-refractivity contribution is -0.137. The molecule has 1 saturated heterocycles. The number of hydrogen-bond acceptors (Lipinski definition) is 2. The average Bonchev–Trinajstić information content (AvgIpc) is 2.81. The van der Waals surface area contributed by atoms with Gasteiger partial charge < -0.3 is 10.2 Å². The van der Waals surface area contributed by atoms with Crippen LogP contribution in [0.4, 0.5) is 13.2 Å². The molecule has 20 heavy (non-hydrogen) atoms. The van der Waals surface area contributed by atoms with Gasteiger partial charge in [0.15, 0.2) is 0 Å². The Kier molecular flexibility index (Phi) is 3.22. The number of H-pyrrole nitrogens is 1. The van der Waals surface area contributed by atoms with Crippen LogP contribution in [0, 0.1) is 0 Å². The van der Waals surface area contributed by atoms with Crippen molar-refractivity contribution >= 4 is 10.9 Å². The number of aromatic amines is 1. The van der Waals surface area contributed by atoms with Crippen molar-refractivity contribution in [3.05, 3.63) is 35.5 Å². The maximum absolute atomic E-state index is 12.7. The maximum Gasteiger partial charge on any atom is 0.416 e. The van der Waals surface area contributed by atoms with Gasteiger partial charge in [0.25, 0.3) is 0 Å². The third-order valence-electron chi connectivity index (χ3n) is 3.95. The maximum atomic E-state index is 12.7. The summed E-state index contributed by atoms with van der Waals surface area (Å²) in [5.41, 5.74) is 0.923. The van der Waals surface area contributed by atoms with Gasteiger partial charge in [0.2, 0.25) is 0 Å². The molecular weight excluding hydrogens is 269 g/mol. The van der Waals surface area contributed by atoms with Gasteiger partial charge in [0, 0.05) is 30.2 Å². The van der Waals surface area contributed by atoms with Crippen molar-refractivity contribution in [1.29, 1.82) is 0 Å². The fraction of sp³-hybridized carbons (Fsp3) is 0.429. The first-order chi connectivity index (χ1) is 9.45. The van der Waals surface area contributed by atoms with Crippen molar-refractivity contribution in [3.63, 3.8) is 0 Å². The number of fused-ring (bicyclic) bond motifs is 1. The van der Waals surface area contributed by atoms with Crippen LogP contribution in [0.3, 0.4) is 0 Å². The minimum Gasteiger partial charge on any atom is -0.361 e. The van der Waals surface area contributed by atoms with Gasteiger partial charge in [0.05, 0.1) is 5.56 Å². The number of nitrogens with zero attached hydrogens (tertiary/aromatic N) is 1. The van der Waals surface area contributed by atoms with E-state index < -0.39 is 11.7 Å². The zero-order valence-corrected chi connectivity index (χ0v) is 10.7. The summed E-state index contributed by atoms with van der Waals surface area (Å²) in [6.45, 7) is 1.19. The van der Waals surface area contributed by atoms with Gasteiger partial charge in [-0.05, 0) is 36.5 Å². The minimum atomic E-state index is -4.32. The second-order valence-electron chi connectivity index (χ2n) is 5.23. The van der Waals surface area contributed by atoms with Crippen LogP contribution in [-0.4, -0.2) is 28.3 Å². The first kappa shape index (κ1) is 13.5. The van der Waals surface area contributed by atoms with Gasteiger partial charge in [-0.15, -0.1) is 0 Å². The number of halogens is 3. The summed E-state index contributed by atoms with van der Waals surface area (Å²) in [6.07, 6.45) is -0.904. The predicted molar refractivity (Wildman–Crippen MR) is 68.6 cm³/mol. The second kappa shape index (κ2) is 4.79. The fourth-order valence-electron chi connectivity index (χ4n) is 2.84. The largest absolute Gasteiger partial charge is 0.416 e. The molecule has 1 aromatic carbocycles. The number of hydrogen-bond donors (Lipinski definition) is 2. The van der Waals surface area contributed by atoms with E-state index in [1.165, 1.54) is 11.1 Å². The van der Waals surface area contributed by atoms with Crippen LogP contribution in [0.15, 0.2) is 24.4 Å². The van der Waals surface area contributed by atoms with Crippen LogP contribution in [0.25, 0.3) is 10.9 Å². The molecule has 0 unspecified atom stereocenters. The van der Waals surface area contributed by atoms with Gasteiger partial charge in [-0.3, -0.25) is 0 Å². The predicted octanol–water partition coefficient (Wildman–Crippen LogP) is 3.76. The van der Waals surface area contributed by atoms with E-state index in [2.05, 4.69) is 4.98 Å². The molecule has 1 fully saturated rings. The summed E-state index contributed by atoms with van der Waals surface area (Å²) in [5.74, 6) is 0.281. The zero-order valence-electron chi connectivity index (χ0n) is 10.7. The molecule has 3 rings (SSSR count). The van der Waals surface area contributed by atoms with E-state index in [4.69, 9.17) is 0 Å². The number of alkyl halides is 3. The fourth-order valence-corrected chi connectivity index (χ4v) is 2.84. The Hall–Kier alpha value is -1.53. The lowest BCUT2D eigenvalue weighted by Gasteiger charge is -2.27. The monoisotopic (exact) mass is 284 g/mol. The molecule has 0 radical (unpaired) electrons. The first-order valence-electron chi connectivity index (χ1n) is 6.57. The van der Waals surface area contributed by atoms with Crippen molar-refractivity contribution in [2.45, 2.75) is 24.9 Å². The molecule has 1 aromatic heterocycles. The Labute approximate surface area is 114 Å². The number of aromatic nitrogens is 1. The van der Waals surface area contributed by atoms with Gasteiger partial charge in [0.1, 0.15) is 0 Å². The first-order valence-corrected chi connectivity index (χ1v) is 6.57. The van der Waals surface area contributed by atoms with Gasteiger partial charge in [-0.25, -0.2) is 0 Å². The zero-order chi connectivity index (χ0) is 14.3. The Morgan fingerprint density at radius 2 is 1.90 bits per heavy atom. The molecule has 0 saturated carbocycles. The Bertz CT molecular complexity index is 612. The van der Waals surface area contributed by atoms with Crippen LogP contribution >= 0.6 is 0 Å². The number of rotatable bonds is 1. The highest BCUT2D eigenvalue weighted by Gasteiger charge is 2.31. The SMILES string of the molecule is ON1CCC(c2c[nH]c3cc(C(F)(F)F)ccc23)CC1. The quantitative estimate of drug-likeness (QED) is 0.837. The van der Waals surface area contributed by atoms with Crippen LogP contribution in [0.1, 0.15) is 29.9 Å². The van der Waals surface area contributed by atoms with Crippen molar-refractivity contribution in [2.75, 3.05) is 13.1 Å². The molecule has 0 amide bonds. The Morgan fingerprint density at radius 3 is 2.55 bits per heavy atom. The van der Waals surface area contributed by atoms with Crippen LogP contribution in [-0.2, 0) is 6.18 Å². The molecule has 1 aliphatic rings. The number of benzene rings is 1. The lowest BCUT2D eigenvalue weighted by atomic mass is 9.89.